The van der Waals surface area contributed by atoms with Gasteiger partial charge in [0.15, 0.2) is 0 Å². The predicted octanol–water partition coefficient (Wildman–Crippen LogP) is 3.44. The van der Waals surface area contributed by atoms with Crippen molar-refractivity contribution in [3.63, 3.8) is 0 Å². The van der Waals surface area contributed by atoms with E-state index in [0.717, 1.165) is 5.06 Å². The minimum absolute atomic E-state index is 0.00825. The minimum atomic E-state index is -0.654. The van der Waals surface area contributed by atoms with Gasteiger partial charge in [0.1, 0.15) is 16.9 Å². The highest BCUT2D eigenvalue weighted by Crippen LogP contribution is 2.34. The number of anilines is 1. The molecule has 0 radical (unpaired) electrons. The second-order valence-electron chi connectivity index (χ2n) is 6.30. The molecule has 0 spiro atoms. The van der Waals surface area contributed by atoms with Crippen molar-refractivity contribution >= 4 is 28.7 Å². The standard InChI is InChI=1S/C17H22N2O5/c1-17(2,3)24-16(21)18(4)13-11-9-7-8-10-12(11)23-14(13)15(20)19(5)22-6/h7-10H,1-6H3. The maximum atomic E-state index is 12.5. The number of amides is 2. The van der Waals surface area contributed by atoms with Crippen LogP contribution in [-0.4, -0.2) is 43.9 Å². The molecule has 0 atom stereocenters. The van der Waals surface area contributed by atoms with Gasteiger partial charge in [-0.1, -0.05) is 12.1 Å². The fourth-order valence-electron chi connectivity index (χ4n) is 2.16. The van der Waals surface area contributed by atoms with Gasteiger partial charge in [-0.2, -0.15) is 0 Å². The summed E-state index contributed by atoms with van der Waals surface area (Å²) in [6.07, 6.45) is -0.580. The Morgan fingerprint density at radius 3 is 2.33 bits per heavy atom. The average molecular weight is 334 g/mol. The van der Waals surface area contributed by atoms with Crippen LogP contribution in [0.3, 0.4) is 0 Å². The van der Waals surface area contributed by atoms with E-state index in [-0.39, 0.29) is 5.76 Å². The molecule has 0 fully saturated rings. The maximum absolute atomic E-state index is 12.5. The second kappa shape index (κ2) is 6.52. The number of hydroxylamine groups is 2. The van der Waals surface area contributed by atoms with Crippen LogP contribution in [0.15, 0.2) is 28.7 Å². The molecule has 130 valence electrons. The molecule has 0 aliphatic carbocycles. The summed E-state index contributed by atoms with van der Waals surface area (Å²) < 4.78 is 11.0. The molecule has 1 heterocycles. The minimum Gasteiger partial charge on any atom is -0.449 e. The van der Waals surface area contributed by atoms with Gasteiger partial charge in [0, 0.05) is 19.5 Å². The Morgan fingerprint density at radius 2 is 1.75 bits per heavy atom. The lowest BCUT2D eigenvalue weighted by atomic mass is 10.2. The molecule has 7 nitrogen and oxygen atoms in total. The molecule has 0 saturated carbocycles. The molecule has 0 aliphatic heterocycles. The molecule has 2 aromatic rings. The van der Waals surface area contributed by atoms with Crippen molar-refractivity contribution in [2.75, 3.05) is 26.1 Å². The number of hydrogen-bond donors (Lipinski definition) is 0. The van der Waals surface area contributed by atoms with E-state index in [1.807, 2.05) is 0 Å². The van der Waals surface area contributed by atoms with E-state index >= 15 is 0 Å². The van der Waals surface area contributed by atoms with Crippen LogP contribution in [0.25, 0.3) is 11.0 Å². The van der Waals surface area contributed by atoms with Crippen molar-refractivity contribution in [1.82, 2.24) is 5.06 Å². The van der Waals surface area contributed by atoms with Gasteiger partial charge in [-0.3, -0.25) is 14.5 Å². The van der Waals surface area contributed by atoms with Crippen LogP contribution >= 0.6 is 0 Å². The highest BCUT2D eigenvalue weighted by atomic mass is 16.7. The van der Waals surface area contributed by atoms with Crippen LogP contribution in [0.2, 0.25) is 0 Å². The van der Waals surface area contributed by atoms with E-state index in [9.17, 15) is 9.59 Å². The van der Waals surface area contributed by atoms with Gasteiger partial charge in [0.2, 0.25) is 5.76 Å². The van der Waals surface area contributed by atoms with Gasteiger partial charge in [-0.05, 0) is 32.9 Å². The molecule has 0 aliphatic rings. The SMILES string of the molecule is CON(C)C(=O)c1oc2ccccc2c1N(C)C(=O)OC(C)(C)C. The van der Waals surface area contributed by atoms with E-state index in [1.165, 1.54) is 26.1 Å². The summed E-state index contributed by atoms with van der Waals surface area (Å²) in [6, 6.07) is 7.10. The summed E-state index contributed by atoms with van der Waals surface area (Å²) in [5.41, 5.74) is 0.183. The molecule has 2 rings (SSSR count). The number of rotatable bonds is 3. The smallest absolute Gasteiger partial charge is 0.414 e. The van der Waals surface area contributed by atoms with Crippen molar-refractivity contribution in [2.24, 2.45) is 0 Å². The third kappa shape index (κ3) is 3.51. The van der Waals surface area contributed by atoms with Crippen LogP contribution in [0.1, 0.15) is 31.3 Å². The average Bonchev–Trinajstić information content (AvgIpc) is 2.90. The van der Waals surface area contributed by atoms with Crippen molar-refractivity contribution in [1.29, 1.82) is 0 Å². The first-order valence-electron chi connectivity index (χ1n) is 7.46. The zero-order valence-electron chi connectivity index (χ0n) is 14.7. The molecule has 0 bridgehead atoms. The van der Waals surface area contributed by atoms with Crippen molar-refractivity contribution in [2.45, 2.75) is 26.4 Å². The highest BCUT2D eigenvalue weighted by molar-refractivity contribution is 6.10. The number of furan rings is 1. The Bertz CT molecular complexity index is 760. The first-order valence-corrected chi connectivity index (χ1v) is 7.46. The number of carbonyl (C=O) groups is 2. The summed E-state index contributed by atoms with van der Waals surface area (Å²) in [4.78, 5) is 31.1. The Balaban J connectivity index is 2.54. The number of nitrogens with zero attached hydrogens (tertiary/aromatic N) is 2. The normalized spacial score (nSPS) is 11.4. The number of fused-ring (bicyclic) bond motifs is 1. The second-order valence-corrected chi connectivity index (χ2v) is 6.30. The number of hydrogen-bond acceptors (Lipinski definition) is 5. The van der Waals surface area contributed by atoms with Crippen molar-refractivity contribution < 1.29 is 23.6 Å². The summed E-state index contributed by atoms with van der Waals surface area (Å²) in [7, 11) is 4.37. The predicted molar refractivity (Wildman–Crippen MR) is 90.0 cm³/mol. The molecule has 2 amide bonds. The molecular formula is C17H22N2O5. The molecule has 1 aromatic heterocycles. The van der Waals surface area contributed by atoms with E-state index in [1.54, 1.807) is 45.0 Å². The number of benzene rings is 1. The highest BCUT2D eigenvalue weighted by Gasteiger charge is 2.30. The summed E-state index contributed by atoms with van der Waals surface area (Å²) in [5, 5.41) is 1.67. The van der Waals surface area contributed by atoms with Gasteiger partial charge in [-0.15, -0.1) is 0 Å². The molecule has 0 saturated heterocycles. The van der Waals surface area contributed by atoms with Gasteiger partial charge in [0.05, 0.1) is 7.11 Å². The fourth-order valence-corrected chi connectivity index (χ4v) is 2.16. The zero-order chi connectivity index (χ0) is 18.1. The Kier molecular flexibility index (Phi) is 4.84. The van der Waals surface area contributed by atoms with Crippen molar-refractivity contribution in [3.8, 4) is 0 Å². The topological polar surface area (TPSA) is 72.2 Å². The van der Waals surface area contributed by atoms with Crippen LogP contribution < -0.4 is 4.90 Å². The van der Waals surface area contributed by atoms with Crippen molar-refractivity contribution in [3.05, 3.63) is 30.0 Å². The van der Waals surface area contributed by atoms with Gasteiger partial charge in [-0.25, -0.2) is 9.86 Å². The first-order chi connectivity index (χ1) is 11.2. The molecular weight excluding hydrogens is 312 g/mol. The molecule has 24 heavy (non-hydrogen) atoms. The van der Waals surface area contributed by atoms with Gasteiger partial charge >= 0.3 is 12.0 Å². The van der Waals surface area contributed by atoms with Crippen LogP contribution in [-0.2, 0) is 9.57 Å². The third-order valence-electron chi connectivity index (χ3n) is 3.33. The molecule has 0 N–H and O–H groups in total. The quantitative estimate of drug-likeness (QED) is 0.804. The lowest BCUT2D eigenvalue weighted by Gasteiger charge is -2.25. The lowest BCUT2D eigenvalue weighted by Crippen LogP contribution is -2.35. The largest absolute Gasteiger partial charge is 0.449 e. The van der Waals surface area contributed by atoms with E-state index in [0.29, 0.717) is 16.7 Å². The van der Waals surface area contributed by atoms with Gasteiger partial charge in [0.25, 0.3) is 0 Å². The summed E-state index contributed by atoms with van der Waals surface area (Å²) in [5.74, 6) is -0.493. The summed E-state index contributed by atoms with van der Waals surface area (Å²) >= 11 is 0. The lowest BCUT2D eigenvalue weighted by molar-refractivity contribution is -0.0771. The van der Waals surface area contributed by atoms with E-state index < -0.39 is 17.6 Å². The van der Waals surface area contributed by atoms with E-state index in [2.05, 4.69) is 0 Å². The zero-order valence-corrected chi connectivity index (χ0v) is 14.7. The number of carbonyl (C=O) groups excluding carboxylic acids is 2. The monoisotopic (exact) mass is 334 g/mol. The molecule has 0 unspecified atom stereocenters. The Morgan fingerprint density at radius 1 is 1.12 bits per heavy atom. The Hall–Kier alpha value is -2.54. The molecule has 7 heteroatoms. The number of ether oxygens (including phenoxy) is 1. The fraction of sp³-hybridized carbons (Fsp3) is 0.412. The molecule has 1 aromatic carbocycles. The number of para-hydroxylation sites is 1. The first kappa shape index (κ1) is 17.8. The van der Waals surface area contributed by atoms with Crippen LogP contribution in [0.5, 0.6) is 0 Å². The van der Waals surface area contributed by atoms with Crippen LogP contribution in [0, 0.1) is 0 Å². The van der Waals surface area contributed by atoms with E-state index in [4.69, 9.17) is 14.0 Å². The third-order valence-corrected chi connectivity index (χ3v) is 3.33. The van der Waals surface area contributed by atoms with Crippen LogP contribution in [0.4, 0.5) is 10.5 Å². The maximum Gasteiger partial charge on any atom is 0.414 e. The summed E-state index contributed by atoms with van der Waals surface area (Å²) in [6.45, 7) is 5.32. The Labute approximate surface area is 140 Å². The van der Waals surface area contributed by atoms with Gasteiger partial charge < -0.3 is 9.15 Å².